The van der Waals surface area contributed by atoms with Crippen LogP contribution in [0.5, 0.6) is 28.7 Å². The van der Waals surface area contributed by atoms with Crippen LogP contribution in [0, 0.1) is 0 Å². The molecule has 284 valence electrons. The Morgan fingerprint density at radius 3 is 1.93 bits per heavy atom. The highest BCUT2D eigenvalue weighted by Crippen LogP contribution is 2.57. The van der Waals surface area contributed by atoms with Gasteiger partial charge in [0, 0.05) is 11.4 Å². The summed E-state index contributed by atoms with van der Waals surface area (Å²) in [5, 5.41) is 58.8. The quantitative estimate of drug-likeness (QED) is 0.0434. The average molecular weight is 760 g/mol. The van der Waals surface area contributed by atoms with Gasteiger partial charge < -0.3 is 30.4 Å². The first kappa shape index (κ1) is 37.2. The van der Waals surface area contributed by atoms with Crippen molar-refractivity contribution in [3.8, 4) is 51.0 Å². The Kier molecular flexibility index (Phi) is 10.1. The van der Waals surface area contributed by atoms with E-state index < -0.39 is 28.7 Å². The molecule has 6 heteroatoms. The number of nitrogens with zero attached hydrogens (tertiary/aromatic N) is 1. The Hall–Kier alpha value is -7.70. The lowest BCUT2D eigenvalue weighted by Gasteiger charge is -2.28. The van der Waals surface area contributed by atoms with Crippen molar-refractivity contribution >= 4 is 44.1 Å². The van der Waals surface area contributed by atoms with E-state index in [1.807, 2.05) is 116 Å². The molecule has 0 bridgehead atoms. The van der Waals surface area contributed by atoms with Gasteiger partial charge in [0.25, 0.3) is 0 Å². The topological polar surface area (TPSA) is 104 Å². The zero-order valence-electron chi connectivity index (χ0n) is 31.8. The summed E-state index contributed by atoms with van der Waals surface area (Å²) in [7, 11) is 0. The van der Waals surface area contributed by atoms with E-state index >= 15 is 0 Å². The minimum Gasteiger partial charge on any atom is -0.503 e. The molecule has 0 amide bonds. The van der Waals surface area contributed by atoms with Crippen molar-refractivity contribution in [1.82, 2.24) is 0 Å². The molecule has 1 aliphatic rings. The standard InChI is InChI=1S/C52H41NO5/c1-3-4-6-14-33(2)41-30-26-37(31-45(41)35-15-7-5-8-16-35)34-23-27-40(28-24-34)53(47-48(54)50(56)52(58)51(57)49(47)55)39-19-13-18-36(25-29-39)46-32-38-17-9-10-20-42(38)43-21-11-12-22-44(43)46/h3-12,14-32,54-58H,2,13H2,1H3/b4-3-,14-6-. The van der Waals surface area contributed by atoms with Crippen LogP contribution in [-0.2, 0) is 0 Å². The van der Waals surface area contributed by atoms with E-state index in [1.54, 1.807) is 4.90 Å². The maximum absolute atomic E-state index is 11.3. The number of rotatable bonds is 9. The van der Waals surface area contributed by atoms with E-state index in [4.69, 9.17) is 0 Å². The first-order valence-corrected chi connectivity index (χ1v) is 19.0. The van der Waals surface area contributed by atoms with Crippen molar-refractivity contribution in [1.29, 1.82) is 0 Å². The fourth-order valence-electron chi connectivity index (χ4n) is 7.60. The van der Waals surface area contributed by atoms with Crippen molar-refractivity contribution < 1.29 is 25.5 Å². The van der Waals surface area contributed by atoms with Gasteiger partial charge in [-0.1, -0.05) is 152 Å². The fourth-order valence-corrected chi connectivity index (χ4v) is 7.60. The lowest BCUT2D eigenvalue weighted by molar-refractivity contribution is 0.329. The molecule has 0 saturated carbocycles. The van der Waals surface area contributed by atoms with Gasteiger partial charge in [0.1, 0.15) is 5.69 Å². The van der Waals surface area contributed by atoms with Crippen molar-refractivity contribution in [3.63, 3.8) is 0 Å². The summed E-state index contributed by atoms with van der Waals surface area (Å²) in [6.07, 6.45) is 16.3. The van der Waals surface area contributed by atoms with Crippen LogP contribution in [0.15, 0.2) is 188 Å². The smallest absolute Gasteiger partial charge is 0.208 e. The maximum atomic E-state index is 11.3. The molecule has 0 spiro atoms. The largest absolute Gasteiger partial charge is 0.503 e. The summed E-state index contributed by atoms with van der Waals surface area (Å²) in [6, 6.07) is 42.8. The highest BCUT2D eigenvalue weighted by molar-refractivity contribution is 6.12. The summed E-state index contributed by atoms with van der Waals surface area (Å²) in [6.45, 7) is 6.31. The molecule has 0 saturated heterocycles. The Labute approximate surface area is 337 Å². The lowest BCUT2D eigenvalue weighted by Crippen LogP contribution is -2.15. The predicted octanol–water partition coefficient (Wildman–Crippen LogP) is 13.1. The van der Waals surface area contributed by atoms with Gasteiger partial charge in [-0.2, -0.15) is 0 Å². The molecule has 0 heterocycles. The molecule has 0 atom stereocenters. The molecule has 5 N–H and O–H groups in total. The predicted molar refractivity (Wildman–Crippen MR) is 238 cm³/mol. The van der Waals surface area contributed by atoms with Gasteiger partial charge in [-0.25, -0.2) is 0 Å². The zero-order chi connectivity index (χ0) is 40.3. The third-order valence-electron chi connectivity index (χ3n) is 10.5. The van der Waals surface area contributed by atoms with E-state index in [-0.39, 0.29) is 5.69 Å². The number of hydrogen-bond acceptors (Lipinski definition) is 6. The minimum atomic E-state index is -1.02. The van der Waals surface area contributed by atoms with Crippen molar-refractivity contribution in [2.24, 2.45) is 0 Å². The SMILES string of the molecule is C=C(/C=C\C=C/C)c1ccc(-c2ccc(N(C3=CCC=C(c4cc5ccccc5c5ccccc45)C=C3)c3c(O)c(O)c(O)c(O)c3O)cc2)cc1-c1ccccc1. The van der Waals surface area contributed by atoms with Gasteiger partial charge in [-0.3, -0.25) is 0 Å². The number of hydrogen-bond donors (Lipinski definition) is 5. The van der Waals surface area contributed by atoms with Gasteiger partial charge >= 0.3 is 0 Å². The van der Waals surface area contributed by atoms with Crippen molar-refractivity contribution in [2.45, 2.75) is 13.3 Å². The average Bonchev–Trinajstić information content (AvgIpc) is 3.52. The van der Waals surface area contributed by atoms with Gasteiger partial charge in [0.15, 0.2) is 11.5 Å². The molecule has 1 aliphatic carbocycles. The summed E-state index contributed by atoms with van der Waals surface area (Å²) in [4.78, 5) is 1.55. The molecule has 0 unspecified atom stereocenters. The number of phenols is 5. The summed E-state index contributed by atoms with van der Waals surface area (Å²) >= 11 is 0. The number of fused-ring (bicyclic) bond motifs is 3. The van der Waals surface area contributed by atoms with E-state index in [9.17, 15) is 25.5 Å². The highest BCUT2D eigenvalue weighted by atomic mass is 16.4. The lowest BCUT2D eigenvalue weighted by atomic mass is 9.91. The third kappa shape index (κ3) is 6.88. The van der Waals surface area contributed by atoms with Crippen molar-refractivity contribution in [3.05, 3.63) is 199 Å². The molecule has 8 rings (SSSR count). The van der Waals surface area contributed by atoms with E-state index in [1.165, 1.54) is 5.39 Å². The van der Waals surface area contributed by atoms with Gasteiger partial charge in [-0.15, -0.1) is 0 Å². The summed E-state index contributed by atoms with van der Waals surface area (Å²) < 4.78 is 0. The van der Waals surface area contributed by atoms with Crippen LogP contribution in [0.3, 0.4) is 0 Å². The first-order valence-electron chi connectivity index (χ1n) is 19.0. The molecule has 0 aliphatic heterocycles. The molecule has 7 aromatic rings. The van der Waals surface area contributed by atoms with Gasteiger partial charge in [0.05, 0.1) is 0 Å². The molecular weight excluding hydrogens is 719 g/mol. The van der Waals surface area contributed by atoms with E-state index in [2.05, 4.69) is 73.3 Å². The Morgan fingerprint density at radius 2 is 1.21 bits per heavy atom. The van der Waals surface area contributed by atoms with Crippen LogP contribution in [0.25, 0.3) is 54.9 Å². The Morgan fingerprint density at radius 1 is 0.569 bits per heavy atom. The second-order valence-electron chi connectivity index (χ2n) is 14.1. The Bertz CT molecular complexity index is 2850. The second kappa shape index (κ2) is 15.8. The van der Waals surface area contributed by atoms with Crippen LogP contribution < -0.4 is 4.90 Å². The zero-order valence-corrected chi connectivity index (χ0v) is 31.8. The molecule has 7 aromatic carbocycles. The molecule has 6 nitrogen and oxygen atoms in total. The van der Waals surface area contributed by atoms with Crippen LogP contribution >= 0.6 is 0 Å². The summed E-state index contributed by atoms with van der Waals surface area (Å²) in [5.74, 6) is -4.53. The number of anilines is 2. The first-order chi connectivity index (χ1) is 28.2. The van der Waals surface area contributed by atoms with E-state index in [0.717, 1.165) is 60.7 Å². The number of aromatic hydroxyl groups is 5. The van der Waals surface area contributed by atoms with Crippen LogP contribution in [0.1, 0.15) is 24.5 Å². The molecule has 0 aromatic heterocycles. The number of benzene rings is 7. The van der Waals surface area contributed by atoms with Crippen LogP contribution in [0.4, 0.5) is 11.4 Å². The number of phenolic OH excluding ortho intramolecular Hbond substituents is 5. The fraction of sp³-hybridized carbons (Fsp3) is 0.0385. The normalized spacial score (nSPS) is 12.9. The molecule has 58 heavy (non-hydrogen) atoms. The molecular formula is C52H41NO5. The summed E-state index contributed by atoms with van der Waals surface area (Å²) in [5.41, 5.74) is 8.63. The van der Waals surface area contributed by atoms with Gasteiger partial charge in [0.2, 0.25) is 17.2 Å². The maximum Gasteiger partial charge on any atom is 0.208 e. The van der Waals surface area contributed by atoms with E-state index in [0.29, 0.717) is 17.8 Å². The monoisotopic (exact) mass is 759 g/mol. The molecule has 0 fully saturated rings. The molecule has 0 radical (unpaired) electrons. The third-order valence-corrected chi connectivity index (χ3v) is 10.5. The van der Waals surface area contributed by atoms with Crippen molar-refractivity contribution in [2.75, 3.05) is 4.90 Å². The minimum absolute atomic E-state index is 0.295. The van der Waals surface area contributed by atoms with Crippen LogP contribution in [-0.4, -0.2) is 25.5 Å². The second-order valence-corrected chi connectivity index (χ2v) is 14.1. The highest BCUT2D eigenvalue weighted by Gasteiger charge is 2.30. The van der Waals surface area contributed by atoms with Gasteiger partial charge in [-0.05, 0) is 110 Å². The van der Waals surface area contributed by atoms with Crippen LogP contribution in [0.2, 0.25) is 0 Å². The number of allylic oxidation sites excluding steroid dienone is 10. The Balaban J connectivity index is 1.21.